The molecule has 0 aliphatic heterocycles. The van der Waals surface area contributed by atoms with Crippen molar-refractivity contribution in [2.45, 2.75) is 25.0 Å². The number of aliphatic hydroxyl groups is 2. The molecule has 2 rings (SSSR count). The summed E-state index contributed by atoms with van der Waals surface area (Å²) in [4.78, 5) is 0. The number of benzene rings is 1. The van der Waals surface area contributed by atoms with Gasteiger partial charge in [-0.2, -0.15) is 0 Å². The molecule has 0 spiro atoms. The van der Waals surface area contributed by atoms with E-state index in [2.05, 4.69) is 0 Å². The maximum Gasteiger partial charge on any atom is 0.137 e. The first-order chi connectivity index (χ1) is 7.63. The van der Waals surface area contributed by atoms with Gasteiger partial charge in [0.15, 0.2) is 0 Å². The summed E-state index contributed by atoms with van der Waals surface area (Å²) in [6.45, 7) is 0. The molecule has 2 atom stereocenters. The summed E-state index contributed by atoms with van der Waals surface area (Å²) in [6.07, 6.45) is 0.427. The molecule has 0 saturated heterocycles. The van der Waals surface area contributed by atoms with Crippen LogP contribution < -0.4 is 4.74 Å². The van der Waals surface area contributed by atoms with Gasteiger partial charge in [-0.25, -0.2) is 0 Å². The highest BCUT2D eigenvalue weighted by Gasteiger charge is 2.35. The molecule has 1 aromatic rings. The molecule has 4 heteroatoms. The fourth-order valence-electron chi connectivity index (χ4n) is 1.75. The summed E-state index contributed by atoms with van der Waals surface area (Å²) in [7, 11) is 1.52. The van der Waals surface area contributed by atoms with E-state index in [1.807, 2.05) is 0 Å². The van der Waals surface area contributed by atoms with Crippen molar-refractivity contribution in [3.8, 4) is 5.75 Å². The average molecular weight is 243 g/mol. The predicted octanol–water partition coefficient (Wildman–Crippen LogP) is 2.15. The molecular weight excluding hydrogens is 228 g/mol. The SMILES string of the molecule is COc1cc(C(O)C(O)C2CC2)ccc1Cl. The average Bonchev–Trinajstić information content (AvgIpc) is 3.11. The molecule has 1 aliphatic carbocycles. The predicted molar refractivity (Wildman–Crippen MR) is 61.7 cm³/mol. The highest BCUT2D eigenvalue weighted by molar-refractivity contribution is 6.32. The Balaban J connectivity index is 2.18. The molecule has 0 bridgehead atoms. The number of hydrogen-bond donors (Lipinski definition) is 2. The Morgan fingerprint density at radius 1 is 1.38 bits per heavy atom. The Morgan fingerprint density at radius 3 is 2.62 bits per heavy atom. The van der Waals surface area contributed by atoms with Gasteiger partial charge in [0.2, 0.25) is 0 Å². The van der Waals surface area contributed by atoms with Gasteiger partial charge < -0.3 is 14.9 Å². The van der Waals surface area contributed by atoms with Gasteiger partial charge in [0.05, 0.1) is 18.2 Å². The fourth-order valence-corrected chi connectivity index (χ4v) is 1.95. The van der Waals surface area contributed by atoms with E-state index in [1.54, 1.807) is 18.2 Å². The van der Waals surface area contributed by atoms with E-state index in [0.29, 0.717) is 16.3 Å². The van der Waals surface area contributed by atoms with Gasteiger partial charge >= 0.3 is 0 Å². The summed E-state index contributed by atoms with van der Waals surface area (Å²) in [5.74, 6) is 0.748. The van der Waals surface area contributed by atoms with Gasteiger partial charge in [-0.15, -0.1) is 0 Å². The van der Waals surface area contributed by atoms with Crippen molar-refractivity contribution in [3.63, 3.8) is 0 Å². The number of hydrogen-bond acceptors (Lipinski definition) is 3. The largest absolute Gasteiger partial charge is 0.495 e. The smallest absolute Gasteiger partial charge is 0.137 e. The van der Waals surface area contributed by atoms with Crippen LogP contribution in [0.25, 0.3) is 0 Å². The summed E-state index contributed by atoms with van der Waals surface area (Å²) < 4.78 is 5.07. The molecule has 1 fully saturated rings. The van der Waals surface area contributed by atoms with Crippen molar-refractivity contribution in [2.75, 3.05) is 7.11 Å². The van der Waals surface area contributed by atoms with Crippen molar-refractivity contribution < 1.29 is 14.9 Å². The van der Waals surface area contributed by atoms with Crippen LogP contribution in [0.1, 0.15) is 24.5 Å². The number of ether oxygens (including phenoxy) is 1. The van der Waals surface area contributed by atoms with Gasteiger partial charge in [0.25, 0.3) is 0 Å². The van der Waals surface area contributed by atoms with Crippen LogP contribution in [0.3, 0.4) is 0 Å². The monoisotopic (exact) mass is 242 g/mol. The second-order valence-electron chi connectivity index (χ2n) is 4.17. The van der Waals surface area contributed by atoms with Crippen LogP contribution in [0.2, 0.25) is 5.02 Å². The zero-order valence-electron chi connectivity index (χ0n) is 9.06. The number of aliphatic hydroxyl groups excluding tert-OH is 2. The summed E-state index contributed by atoms with van der Waals surface area (Å²) in [6, 6.07) is 5.04. The first-order valence-corrected chi connectivity index (χ1v) is 5.71. The highest BCUT2D eigenvalue weighted by Crippen LogP contribution is 2.39. The second kappa shape index (κ2) is 4.62. The lowest BCUT2D eigenvalue weighted by Gasteiger charge is -2.18. The summed E-state index contributed by atoms with van der Waals surface area (Å²) in [5.41, 5.74) is 0.639. The van der Waals surface area contributed by atoms with E-state index in [0.717, 1.165) is 12.8 Å². The van der Waals surface area contributed by atoms with Gasteiger partial charge in [0.1, 0.15) is 11.9 Å². The van der Waals surface area contributed by atoms with E-state index in [1.165, 1.54) is 7.11 Å². The molecule has 2 N–H and O–H groups in total. The second-order valence-corrected chi connectivity index (χ2v) is 4.57. The summed E-state index contributed by atoms with van der Waals surface area (Å²) >= 11 is 5.89. The van der Waals surface area contributed by atoms with Crippen LogP contribution in [-0.4, -0.2) is 23.4 Å². The molecule has 2 unspecified atom stereocenters. The van der Waals surface area contributed by atoms with Crippen LogP contribution in [0.4, 0.5) is 0 Å². The molecular formula is C12H15ClO3. The van der Waals surface area contributed by atoms with Crippen LogP contribution in [0, 0.1) is 5.92 Å². The molecule has 0 aromatic heterocycles. The molecule has 16 heavy (non-hydrogen) atoms. The first-order valence-electron chi connectivity index (χ1n) is 5.33. The van der Waals surface area contributed by atoms with E-state index >= 15 is 0 Å². The Hall–Kier alpha value is -0.770. The normalized spacial score (nSPS) is 19.2. The highest BCUT2D eigenvalue weighted by atomic mass is 35.5. The molecule has 88 valence electrons. The van der Waals surface area contributed by atoms with Crippen molar-refractivity contribution in [1.29, 1.82) is 0 Å². The van der Waals surface area contributed by atoms with Gasteiger partial charge in [-0.3, -0.25) is 0 Å². The van der Waals surface area contributed by atoms with E-state index in [-0.39, 0.29) is 5.92 Å². The maximum atomic E-state index is 9.96. The van der Waals surface area contributed by atoms with E-state index < -0.39 is 12.2 Å². The third-order valence-corrected chi connectivity index (χ3v) is 3.26. The molecule has 0 amide bonds. The molecule has 1 aliphatic rings. The minimum absolute atomic E-state index is 0.233. The van der Waals surface area contributed by atoms with E-state index in [4.69, 9.17) is 16.3 Å². The van der Waals surface area contributed by atoms with Crippen LogP contribution >= 0.6 is 11.6 Å². The Bertz CT molecular complexity index is 377. The maximum absolute atomic E-state index is 9.96. The summed E-state index contributed by atoms with van der Waals surface area (Å²) in [5, 5.41) is 20.3. The minimum Gasteiger partial charge on any atom is -0.495 e. The molecule has 1 saturated carbocycles. The third kappa shape index (κ3) is 2.32. The number of rotatable bonds is 4. The van der Waals surface area contributed by atoms with E-state index in [9.17, 15) is 10.2 Å². The Morgan fingerprint density at radius 2 is 2.06 bits per heavy atom. The molecule has 3 nitrogen and oxygen atoms in total. The zero-order valence-corrected chi connectivity index (χ0v) is 9.81. The molecule has 0 heterocycles. The molecule has 0 radical (unpaired) electrons. The Kier molecular flexibility index (Phi) is 3.38. The van der Waals surface area contributed by atoms with Gasteiger partial charge in [0, 0.05) is 0 Å². The fraction of sp³-hybridized carbons (Fsp3) is 0.500. The quantitative estimate of drug-likeness (QED) is 0.851. The van der Waals surface area contributed by atoms with Crippen LogP contribution in [-0.2, 0) is 0 Å². The van der Waals surface area contributed by atoms with Gasteiger partial charge in [-0.05, 0) is 36.5 Å². The first kappa shape index (κ1) is 11.7. The number of methoxy groups -OCH3 is 1. The lowest BCUT2D eigenvalue weighted by atomic mass is 10.0. The molecule has 1 aromatic carbocycles. The number of halogens is 1. The Labute approximate surface area is 99.6 Å². The minimum atomic E-state index is -0.862. The lowest BCUT2D eigenvalue weighted by Crippen LogP contribution is -2.20. The van der Waals surface area contributed by atoms with Crippen molar-refractivity contribution in [2.24, 2.45) is 5.92 Å². The zero-order chi connectivity index (χ0) is 11.7. The standard InChI is InChI=1S/C12H15ClO3/c1-16-10-6-8(4-5-9(10)13)12(15)11(14)7-2-3-7/h4-7,11-12,14-15H,2-3H2,1H3. The van der Waals surface area contributed by atoms with Gasteiger partial charge in [-0.1, -0.05) is 17.7 Å². The van der Waals surface area contributed by atoms with Crippen molar-refractivity contribution >= 4 is 11.6 Å². The van der Waals surface area contributed by atoms with Crippen LogP contribution in [0.5, 0.6) is 5.75 Å². The van der Waals surface area contributed by atoms with Crippen molar-refractivity contribution in [1.82, 2.24) is 0 Å². The van der Waals surface area contributed by atoms with Crippen molar-refractivity contribution in [3.05, 3.63) is 28.8 Å². The van der Waals surface area contributed by atoms with Crippen LogP contribution in [0.15, 0.2) is 18.2 Å². The third-order valence-electron chi connectivity index (χ3n) is 2.95. The lowest BCUT2D eigenvalue weighted by molar-refractivity contribution is 0.00476. The topological polar surface area (TPSA) is 49.7 Å².